The van der Waals surface area contributed by atoms with Gasteiger partial charge in [0.15, 0.2) is 5.78 Å². The van der Waals surface area contributed by atoms with Gasteiger partial charge in [-0.15, -0.1) is 11.3 Å². The summed E-state index contributed by atoms with van der Waals surface area (Å²) < 4.78 is 0. The van der Waals surface area contributed by atoms with Crippen LogP contribution < -0.4 is 0 Å². The van der Waals surface area contributed by atoms with Crippen molar-refractivity contribution in [2.24, 2.45) is 0 Å². The van der Waals surface area contributed by atoms with Crippen molar-refractivity contribution in [2.75, 3.05) is 0 Å². The highest BCUT2D eigenvalue weighted by atomic mass is 32.2. The number of allylic oxidation sites excluding steroid dienone is 2. The lowest BCUT2D eigenvalue weighted by molar-refractivity contribution is -0.113. The molecule has 3 aromatic rings. The third-order valence-electron chi connectivity index (χ3n) is 4.00. The number of rotatable bonds is 4. The van der Waals surface area contributed by atoms with E-state index in [1.807, 2.05) is 0 Å². The van der Waals surface area contributed by atoms with Crippen molar-refractivity contribution in [1.29, 1.82) is 0 Å². The molecule has 0 aliphatic carbocycles. The molecule has 4 nitrogen and oxygen atoms in total. The fourth-order valence-electron chi connectivity index (χ4n) is 2.54. The Kier molecular flexibility index (Phi) is 4.92. The molecule has 1 N–H and O–H groups in total. The van der Waals surface area contributed by atoms with Gasteiger partial charge >= 0.3 is 0 Å². The molecule has 25 heavy (non-hydrogen) atoms. The Morgan fingerprint density at radius 1 is 1.16 bits per heavy atom. The molecule has 0 fully saturated rings. The van der Waals surface area contributed by atoms with Crippen LogP contribution in [-0.2, 0) is 4.79 Å². The minimum Gasteiger partial charge on any atom is -0.511 e. The monoisotopic (exact) mass is 370 g/mol. The number of thiophene rings is 1. The molecule has 0 aliphatic heterocycles. The van der Waals surface area contributed by atoms with Crippen LogP contribution in [0.25, 0.3) is 21.3 Å². The normalized spacial score (nSPS) is 12.3. The van der Waals surface area contributed by atoms with E-state index >= 15 is 0 Å². The van der Waals surface area contributed by atoms with Gasteiger partial charge in [-0.1, -0.05) is 30.0 Å². The summed E-state index contributed by atoms with van der Waals surface area (Å²) in [5, 5.41) is 13.5. The van der Waals surface area contributed by atoms with Crippen LogP contribution in [0.1, 0.15) is 25.0 Å². The summed E-state index contributed by atoms with van der Waals surface area (Å²) in [6, 6.07) is 6.34. The van der Waals surface area contributed by atoms with Crippen molar-refractivity contribution in [3.63, 3.8) is 0 Å². The average Bonchev–Trinajstić information content (AvgIpc) is 2.99. The molecule has 6 heteroatoms. The zero-order chi connectivity index (χ0) is 18.1. The van der Waals surface area contributed by atoms with E-state index in [2.05, 4.69) is 47.4 Å². The summed E-state index contributed by atoms with van der Waals surface area (Å²) in [6.07, 6.45) is 1.50. The highest BCUT2D eigenvalue weighted by molar-refractivity contribution is 8.04. The van der Waals surface area contributed by atoms with E-state index in [1.54, 1.807) is 11.3 Å². The van der Waals surface area contributed by atoms with Gasteiger partial charge in [0.2, 0.25) is 0 Å². The molecule has 2 aromatic heterocycles. The molecule has 2 heterocycles. The minimum atomic E-state index is -0.181. The van der Waals surface area contributed by atoms with Gasteiger partial charge in [0.25, 0.3) is 0 Å². The lowest BCUT2D eigenvalue weighted by Crippen LogP contribution is -1.97. The number of aliphatic hydroxyl groups excluding tert-OH is 1. The van der Waals surface area contributed by atoms with Crippen LogP contribution in [0.3, 0.4) is 0 Å². The number of carbonyl (C=O) groups is 1. The van der Waals surface area contributed by atoms with Gasteiger partial charge in [-0.2, -0.15) is 0 Å². The van der Waals surface area contributed by atoms with Crippen LogP contribution in [-0.4, -0.2) is 20.9 Å². The fourth-order valence-corrected chi connectivity index (χ4v) is 4.42. The quantitative estimate of drug-likeness (QED) is 0.286. The molecule has 0 amide bonds. The number of benzene rings is 1. The van der Waals surface area contributed by atoms with Crippen LogP contribution in [0, 0.1) is 13.8 Å². The van der Waals surface area contributed by atoms with Crippen molar-refractivity contribution < 1.29 is 9.90 Å². The Bertz CT molecular complexity index is 1000. The molecule has 0 aliphatic rings. The Hall–Kier alpha value is -2.18. The third kappa shape index (κ3) is 3.45. The maximum atomic E-state index is 11.8. The number of hydrogen-bond donors (Lipinski definition) is 1. The summed E-state index contributed by atoms with van der Waals surface area (Å²) in [6.45, 7) is 7.13. The topological polar surface area (TPSA) is 63.1 Å². The summed E-state index contributed by atoms with van der Waals surface area (Å²) >= 11 is 2.74. The average molecular weight is 370 g/mol. The number of carbonyl (C=O) groups excluding carboxylic acids is 1. The smallest absolute Gasteiger partial charge is 0.169 e. The van der Waals surface area contributed by atoms with E-state index in [9.17, 15) is 9.90 Å². The van der Waals surface area contributed by atoms with Crippen LogP contribution in [0.2, 0.25) is 0 Å². The van der Waals surface area contributed by atoms with Gasteiger partial charge in [0.1, 0.15) is 21.9 Å². The molecule has 0 unspecified atom stereocenters. The summed E-state index contributed by atoms with van der Waals surface area (Å²) in [5.74, 6) is -0.174. The van der Waals surface area contributed by atoms with Gasteiger partial charge in [-0.3, -0.25) is 4.79 Å². The predicted octanol–water partition coefficient (Wildman–Crippen LogP) is 5.45. The first-order chi connectivity index (χ1) is 11.9. The Balaban J connectivity index is 2.18. The second-order valence-corrected chi connectivity index (χ2v) is 7.74. The van der Waals surface area contributed by atoms with Crippen LogP contribution in [0.5, 0.6) is 0 Å². The highest BCUT2D eigenvalue weighted by Gasteiger charge is 2.18. The number of ketones is 1. The van der Waals surface area contributed by atoms with Gasteiger partial charge in [-0.25, -0.2) is 9.97 Å². The second kappa shape index (κ2) is 6.98. The van der Waals surface area contributed by atoms with Crippen molar-refractivity contribution in [2.45, 2.75) is 32.7 Å². The Morgan fingerprint density at radius 3 is 2.56 bits per heavy atom. The van der Waals surface area contributed by atoms with Crippen LogP contribution >= 0.6 is 23.1 Å². The number of aromatic nitrogens is 2. The van der Waals surface area contributed by atoms with Crippen LogP contribution in [0.4, 0.5) is 0 Å². The second-order valence-electron chi connectivity index (χ2n) is 5.88. The number of hydrogen-bond acceptors (Lipinski definition) is 6. The lowest BCUT2D eigenvalue weighted by Gasteiger charge is -2.08. The first-order valence-corrected chi connectivity index (χ1v) is 9.46. The third-order valence-corrected chi connectivity index (χ3v) is 6.18. The number of aliphatic hydroxyl groups is 1. The maximum absolute atomic E-state index is 11.8. The molecule has 3 rings (SSSR count). The molecular weight excluding hydrogens is 352 g/mol. The summed E-state index contributed by atoms with van der Waals surface area (Å²) in [7, 11) is 0. The standard InChI is InChI=1S/C19H18N2O2S2/c1-10-5-6-14(7-11(10)2)15-8-24-18-16(15)19(21-9-20-18)25-17(12(3)22)13(4)23/h5-9,22H,1-4H3. The SMILES string of the molecule is CC(=O)C(Sc1ncnc2scc(-c3ccc(C)c(C)c3)c12)=C(C)O. The van der Waals surface area contributed by atoms with E-state index in [1.165, 1.54) is 43.1 Å². The molecule has 0 saturated heterocycles. The lowest BCUT2D eigenvalue weighted by atomic mass is 10.0. The number of thioether (sulfide) groups is 1. The molecule has 1 aromatic carbocycles. The first-order valence-electron chi connectivity index (χ1n) is 7.77. The molecule has 0 radical (unpaired) electrons. The van der Waals surface area contributed by atoms with Crippen LogP contribution in [0.15, 0.2) is 45.6 Å². The van der Waals surface area contributed by atoms with Crippen molar-refractivity contribution in [3.05, 3.63) is 51.7 Å². The van der Waals surface area contributed by atoms with Gasteiger partial charge in [0.05, 0.1) is 10.3 Å². The maximum Gasteiger partial charge on any atom is 0.169 e. The van der Waals surface area contributed by atoms with Crippen molar-refractivity contribution in [3.8, 4) is 11.1 Å². The van der Waals surface area contributed by atoms with E-state index < -0.39 is 0 Å². The van der Waals surface area contributed by atoms with E-state index in [0.717, 1.165) is 21.3 Å². The van der Waals surface area contributed by atoms with Gasteiger partial charge in [0, 0.05) is 10.9 Å². The zero-order valence-corrected chi connectivity index (χ0v) is 16.1. The number of fused-ring (bicyclic) bond motifs is 1. The molecule has 0 spiro atoms. The largest absolute Gasteiger partial charge is 0.511 e. The van der Waals surface area contributed by atoms with E-state index in [4.69, 9.17) is 0 Å². The number of nitrogens with zero attached hydrogens (tertiary/aromatic N) is 2. The highest BCUT2D eigenvalue weighted by Crippen LogP contribution is 2.40. The molecule has 0 atom stereocenters. The van der Waals surface area contributed by atoms with Crippen molar-refractivity contribution in [1.82, 2.24) is 9.97 Å². The van der Waals surface area contributed by atoms with Gasteiger partial charge in [-0.05, 0) is 44.4 Å². The fraction of sp³-hybridized carbons (Fsp3) is 0.211. The molecule has 0 bridgehead atoms. The zero-order valence-electron chi connectivity index (χ0n) is 14.5. The van der Waals surface area contributed by atoms with Gasteiger partial charge < -0.3 is 5.11 Å². The predicted molar refractivity (Wildman–Crippen MR) is 104 cm³/mol. The molecular formula is C19H18N2O2S2. The molecule has 128 valence electrons. The summed E-state index contributed by atoms with van der Waals surface area (Å²) in [5.41, 5.74) is 4.61. The van der Waals surface area contributed by atoms with E-state index in [0.29, 0.717) is 9.93 Å². The first kappa shape index (κ1) is 17.6. The number of aryl methyl sites for hydroxylation is 2. The molecule has 0 saturated carbocycles. The summed E-state index contributed by atoms with van der Waals surface area (Å²) in [4.78, 5) is 21.7. The van der Waals surface area contributed by atoms with E-state index in [-0.39, 0.29) is 11.5 Å². The Labute approximate surface area is 154 Å². The Morgan fingerprint density at radius 2 is 1.92 bits per heavy atom. The van der Waals surface area contributed by atoms with Crippen molar-refractivity contribution >= 4 is 39.1 Å². The minimum absolute atomic E-state index is 0.00669. The number of Topliss-reactive ketones (excluding diaryl/α,β-unsaturated/α-hetero) is 1.